The average Bonchev–Trinajstić information content (AvgIpc) is 3.14. The Labute approximate surface area is 196 Å². The van der Waals surface area contributed by atoms with E-state index in [0.717, 1.165) is 11.1 Å². The topological polar surface area (TPSA) is 68.5 Å². The number of carbonyl (C=O) groups is 2. The van der Waals surface area contributed by atoms with Crippen LogP contribution < -0.4 is 10.1 Å². The first-order valence-electron chi connectivity index (χ1n) is 9.67. The van der Waals surface area contributed by atoms with Crippen LogP contribution in [-0.4, -0.2) is 24.7 Å². The zero-order valence-electron chi connectivity index (χ0n) is 17.6. The molecule has 32 heavy (non-hydrogen) atoms. The van der Waals surface area contributed by atoms with Gasteiger partial charge in [0.05, 0.1) is 12.5 Å². The van der Waals surface area contributed by atoms with Crippen molar-refractivity contribution in [2.75, 3.05) is 18.3 Å². The summed E-state index contributed by atoms with van der Waals surface area (Å²) in [5.41, 5.74) is 3.08. The van der Waals surface area contributed by atoms with Crippen molar-refractivity contribution in [3.05, 3.63) is 83.6 Å². The molecule has 0 spiro atoms. The molecule has 5 nitrogen and oxygen atoms in total. The fourth-order valence-corrected chi connectivity index (χ4v) is 3.73. The van der Waals surface area contributed by atoms with Crippen LogP contribution in [-0.2, 0) is 4.79 Å². The van der Waals surface area contributed by atoms with E-state index >= 15 is 0 Å². The van der Waals surface area contributed by atoms with Crippen LogP contribution in [0.5, 0.6) is 5.75 Å². The van der Waals surface area contributed by atoms with Crippen molar-refractivity contribution in [1.82, 2.24) is 0 Å². The number of hydrogen-bond donors (Lipinski definition) is 1. The number of halogens is 2. The molecular weight excluding hydrogens is 449 g/mol. The number of alkyl halides is 1. The summed E-state index contributed by atoms with van der Waals surface area (Å²) in [6.07, 6.45) is 4.48. The van der Waals surface area contributed by atoms with Crippen LogP contribution in [0, 0.1) is 0 Å². The lowest BCUT2D eigenvalue weighted by atomic mass is 10.0. The number of fused-ring (bicyclic) bond motifs is 1. The monoisotopic (exact) mass is 469 g/mol. The van der Waals surface area contributed by atoms with E-state index < -0.39 is 5.78 Å². The minimum absolute atomic E-state index is 0.0286. The molecule has 0 saturated carbocycles. The number of furan rings is 1. The summed E-state index contributed by atoms with van der Waals surface area (Å²) in [6, 6.07) is 13.0. The van der Waals surface area contributed by atoms with E-state index in [-0.39, 0.29) is 28.2 Å². The van der Waals surface area contributed by atoms with Gasteiger partial charge in [0.1, 0.15) is 5.58 Å². The van der Waals surface area contributed by atoms with Gasteiger partial charge in [0.2, 0.25) is 17.5 Å². The van der Waals surface area contributed by atoms with Gasteiger partial charge in [-0.15, -0.1) is 11.6 Å². The smallest absolute Gasteiger partial charge is 0.233 e. The van der Waals surface area contributed by atoms with Crippen LogP contribution in [0.2, 0.25) is 0 Å². The van der Waals surface area contributed by atoms with Crippen molar-refractivity contribution in [2.45, 2.75) is 6.92 Å². The average molecular weight is 470 g/mol. The quantitative estimate of drug-likeness (QED) is 0.172. The van der Waals surface area contributed by atoms with Crippen molar-refractivity contribution < 1.29 is 18.7 Å². The molecule has 0 aliphatic carbocycles. The zero-order valence-corrected chi connectivity index (χ0v) is 19.1. The summed E-state index contributed by atoms with van der Waals surface area (Å²) < 4.78 is 11.4. The molecule has 0 unspecified atom stereocenters. The van der Waals surface area contributed by atoms with Gasteiger partial charge in [-0.2, -0.15) is 0 Å². The Morgan fingerprint density at radius 2 is 1.94 bits per heavy atom. The molecule has 0 fully saturated rings. The molecule has 0 radical (unpaired) electrons. The SMILES string of the molecule is C=CC=C(C(=O)c1oc2cc(-c3cccc(NC(C)=O)c3)ccc2c1OC)C(Cl)=CCCl. The standard InChI is InChI=1S/C25H21Cl2NO4/c1-4-6-19(21(27)11-12-26)23(30)25-24(31-3)20-10-9-17(14-22(20)32-25)16-7-5-8-18(13-16)28-15(2)29/h4-11,13-14H,1,12H2,2-3H3,(H,28,29). The zero-order chi connectivity index (χ0) is 23.3. The number of ketones is 1. The highest BCUT2D eigenvalue weighted by Crippen LogP contribution is 2.38. The number of hydrogen-bond acceptors (Lipinski definition) is 4. The number of allylic oxidation sites excluding steroid dienone is 5. The van der Waals surface area contributed by atoms with Crippen LogP contribution in [0.1, 0.15) is 17.5 Å². The number of rotatable bonds is 8. The number of anilines is 1. The Hall–Kier alpha value is -3.28. The molecule has 1 heterocycles. The van der Waals surface area contributed by atoms with Gasteiger partial charge in [-0.25, -0.2) is 0 Å². The molecule has 3 aromatic rings. The molecule has 7 heteroatoms. The van der Waals surface area contributed by atoms with Gasteiger partial charge in [0.15, 0.2) is 5.75 Å². The van der Waals surface area contributed by atoms with E-state index in [9.17, 15) is 9.59 Å². The molecule has 164 valence electrons. The Bertz CT molecular complexity index is 1250. The Kier molecular flexibility index (Phi) is 7.57. The normalized spacial score (nSPS) is 12.0. The predicted octanol–water partition coefficient (Wildman–Crippen LogP) is 6.72. The molecular formula is C25H21Cl2NO4. The van der Waals surface area contributed by atoms with Crippen molar-refractivity contribution in [1.29, 1.82) is 0 Å². The first-order valence-corrected chi connectivity index (χ1v) is 10.6. The molecule has 1 amide bonds. The summed E-state index contributed by atoms with van der Waals surface area (Å²) in [6.45, 7) is 5.09. The number of carbonyl (C=O) groups excluding carboxylic acids is 2. The lowest BCUT2D eigenvalue weighted by Crippen LogP contribution is -2.05. The third kappa shape index (κ3) is 4.96. The minimum Gasteiger partial charge on any atom is -0.492 e. The molecule has 0 aliphatic heterocycles. The second kappa shape index (κ2) is 10.4. The number of ether oxygens (including phenoxy) is 1. The number of Topliss-reactive ketones (excluding diaryl/α,β-unsaturated/α-hetero) is 1. The molecule has 1 N–H and O–H groups in total. The highest BCUT2D eigenvalue weighted by atomic mass is 35.5. The maximum Gasteiger partial charge on any atom is 0.233 e. The molecule has 3 rings (SSSR count). The molecule has 2 aromatic carbocycles. The van der Waals surface area contributed by atoms with E-state index in [4.69, 9.17) is 32.4 Å². The van der Waals surface area contributed by atoms with Gasteiger partial charge >= 0.3 is 0 Å². The summed E-state index contributed by atoms with van der Waals surface area (Å²) >= 11 is 12.0. The Morgan fingerprint density at radius 1 is 1.19 bits per heavy atom. The fourth-order valence-electron chi connectivity index (χ4n) is 3.27. The Balaban J connectivity index is 2.09. The third-order valence-electron chi connectivity index (χ3n) is 4.61. The maximum absolute atomic E-state index is 13.2. The third-order valence-corrected chi connectivity index (χ3v) is 5.13. The predicted molar refractivity (Wildman–Crippen MR) is 130 cm³/mol. The number of nitrogens with one attached hydrogen (secondary N) is 1. The summed E-state index contributed by atoms with van der Waals surface area (Å²) in [5.74, 6) is -0.103. The molecule has 0 atom stereocenters. The number of methoxy groups -OCH3 is 1. The van der Waals surface area contributed by atoms with Gasteiger partial charge in [0.25, 0.3) is 0 Å². The van der Waals surface area contributed by atoms with E-state index in [1.54, 1.807) is 0 Å². The van der Waals surface area contributed by atoms with Crippen molar-refractivity contribution in [2.24, 2.45) is 0 Å². The van der Waals surface area contributed by atoms with Crippen LogP contribution in [0.25, 0.3) is 22.1 Å². The first kappa shape index (κ1) is 23.4. The number of benzene rings is 2. The maximum atomic E-state index is 13.2. The summed E-state index contributed by atoms with van der Waals surface area (Å²) in [4.78, 5) is 24.6. The molecule has 0 aliphatic rings. The van der Waals surface area contributed by atoms with Gasteiger partial charge in [0, 0.05) is 29.1 Å². The van der Waals surface area contributed by atoms with Crippen LogP contribution >= 0.6 is 23.2 Å². The van der Waals surface area contributed by atoms with Crippen LogP contribution in [0.15, 0.2) is 82.3 Å². The lowest BCUT2D eigenvalue weighted by molar-refractivity contribution is -0.114. The largest absolute Gasteiger partial charge is 0.492 e. The van der Waals surface area contributed by atoms with Crippen LogP contribution in [0.3, 0.4) is 0 Å². The van der Waals surface area contributed by atoms with Crippen molar-refractivity contribution >= 4 is 51.5 Å². The lowest BCUT2D eigenvalue weighted by Gasteiger charge is -2.06. The van der Waals surface area contributed by atoms with E-state index in [0.29, 0.717) is 22.4 Å². The second-order valence-electron chi connectivity index (χ2n) is 6.79. The van der Waals surface area contributed by atoms with Crippen LogP contribution in [0.4, 0.5) is 5.69 Å². The summed E-state index contributed by atoms with van der Waals surface area (Å²) in [7, 11) is 1.47. The van der Waals surface area contributed by atoms with Gasteiger partial charge < -0.3 is 14.5 Å². The van der Waals surface area contributed by atoms with Gasteiger partial charge in [-0.05, 0) is 35.4 Å². The second-order valence-corrected chi connectivity index (χ2v) is 7.50. The van der Waals surface area contributed by atoms with E-state index in [2.05, 4.69) is 11.9 Å². The summed E-state index contributed by atoms with van der Waals surface area (Å²) in [5, 5.41) is 3.61. The minimum atomic E-state index is -0.446. The fraction of sp³-hybridized carbons (Fsp3) is 0.120. The Morgan fingerprint density at radius 3 is 2.59 bits per heavy atom. The molecule has 1 aromatic heterocycles. The van der Waals surface area contributed by atoms with Gasteiger partial charge in [-0.3, -0.25) is 9.59 Å². The van der Waals surface area contributed by atoms with Gasteiger partial charge in [-0.1, -0.05) is 54.6 Å². The first-order chi connectivity index (χ1) is 15.4. The number of amides is 1. The van der Waals surface area contributed by atoms with Crippen molar-refractivity contribution in [3.8, 4) is 16.9 Å². The highest BCUT2D eigenvalue weighted by Gasteiger charge is 2.26. The molecule has 0 bridgehead atoms. The highest BCUT2D eigenvalue weighted by molar-refractivity contribution is 6.37. The van der Waals surface area contributed by atoms with E-state index in [1.807, 2.05) is 42.5 Å². The molecule has 0 saturated heterocycles. The van der Waals surface area contributed by atoms with E-state index in [1.165, 1.54) is 32.3 Å². The van der Waals surface area contributed by atoms with Crippen molar-refractivity contribution in [3.63, 3.8) is 0 Å².